The molecule has 0 aromatic heterocycles. The van der Waals surface area contributed by atoms with Gasteiger partial charge in [-0.1, -0.05) is 13.2 Å². The minimum Gasteiger partial charge on any atom is -0.494 e. The number of amidine groups is 1. The third-order valence-corrected chi connectivity index (χ3v) is 1.39. The summed E-state index contributed by atoms with van der Waals surface area (Å²) in [6.45, 7) is 12.4. The first-order valence-corrected chi connectivity index (χ1v) is 4.19. The van der Waals surface area contributed by atoms with Crippen LogP contribution in [0.2, 0.25) is 0 Å². The molecule has 0 aliphatic heterocycles. The Bertz CT molecular complexity index is 221. The highest BCUT2D eigenvalue weighted by Crippen LogP contribution is 2.07. The third kappa shape index (κ3) is 3.75. The van der Waals surface area contributed by atoms with Crippen molar-refractivity contribution in [2.45, 2.75) is 13.8 Å². The van der Waals surface area contributed by atoms with Crippen molar-refractivity contribution in [2.24, 2.45) is 10.8 Å². The topological polar surface area (TPSA) is 59.6 Å². The van der Waals surface area contributed by atoms with Crippen molar-refractivity contribution in [3.8, 4) is 0 Å². The SMILES string of the molecule is C=C(OCC)C(=C)C(=NCC)NN. The minimum absolute atomic E-state index is 0.493. The third-order valence-electron chi connectivity index (χ3n) is 1.39. The van der Waals surface area contributed by atoms with Gasteiger partial charge in [0.25, 0.3) is 0 Å². The fourth-order valence-corrected chi connectivity index (χ4v) is 0.780. The van der Waals surface area contributed by atoms with Crippen molar-refractivity contribution in [2.75, 3.05) is 13.2 Å². The summed E-state index contributed by atoms with van der Waals surface area (Å²) in [5, 5.41) is 0. The normalized spacial score (nSPS) is 10.8. The molecule has 0 atom stereocenters. The zero-order chi connectivity index (χ0) is 10.3. The minimum atomic E-state index is 0.493. The first-order chi connectivity index (χ1) is 6.17. The number of ether oxygens (including phenoxy) is 1. The summed E-state index contributed by atoms with van der Waals surface area (Å²) in [6, 6.07) is 0. The molecule has 0 saturated heterocycles. The van der Waals surface area contributed by atoms with Crippen LogP contribution in [0.15, 0.2) is 29.5 Å². The molecule has 0 amide bonds. The second kappa shape index (κ2) is 6.25. The van der Waals surface area contributed by atoms with E-state index in [4.69, 9.17) is 10.6 Å². The highest BCUT2D eigenvalue weighted by Gasteiger charge is 2.06. The van der Waals surface area contributed by atoms with E-state index in [9.17, 15) is 0 Å². The molecule has 0 radical (unpaired) electrons. The van der Waals surface area contributed by atoms with Crippen LogP contribution in [0, 0.1) is 0 Å². The van der Waals surface area contributed by atoms with E-state index >= 15 is 0 Å². The quantitative estimate of drug-likeness (QED) is 0.167. The number of nitrogens with zero attached hydrogens (tertiary/aromatic N) is 1. The van der Waals surface area contributed by atoms with Crippen molar-refractivity contribution in [3.05, 3.63) is 24.5 Å². The molecule has 13 heavy (non-hydrogen) atoms. The predicted octanol–water partition coefficient (Wildman–Crippen LogP) is 0.974. The summed E-state index contributed by atoms with van der Waals surface area (Å²) in [5.74, 6) is 6.26. The summed E-state index contributed by atoms with van der Waals surface area (Å²) in [4.78, 5) is 4.09. The fraction of sp³-hybridized carbons (Fsp3) is 0.444. The van der Waals surface area contributed by atoms with E-state index in [-0.39, 0.29) is 0 Å². The van der Waals surface area contributed by atoms with Gasteiger partial charge in [0.15, 0.2) is 0 Å². The molecule has 0 heterocycles. The van der Waals surface area contributed by atoms with Crippen LogP contribution >= 0.6 is 0 Å². The van der Waals surface area contributed by atoms with E-state index in [1.54, 1.807) is 0 Å². The maximum absolute atomic E-state index is 5.26. The lowest BCUT2D eigenvalue weighted by atomic mass is 10.2. The zero-order valence-corrected chi connectivity index (χ0v) is 8.26. The molecule has 0 fully saturated rings. The van der Waals surface area contributed by atoms with Crippen molar-refractivity contribution >= 4 is 5.84 Å². The van der Waals surface area contributed by atoms with Crippen LogP contribution in [0.1, 0.15) is 13.8 Å². The van der Waals surface area contributed by atoms with Crippen LogP contribution in [0.4, 0.5) is 0 Å². The number of nitrogens with one attached hydrogen (secondary N) is 1. The van der Waals surface area contributed by atoms with Gasteiger partial charge in [0, 0.05) is 6.54 Å². The Morgan fingerprint density at radius 2 is 2.08 bits per heavy atom. The average Bonchev–Trinajstić information content (AvgIpc) is 2.13. The molecule has 4 nitrogen and oxygen atoms in total. The largest absolute Gasteiger partial charge is 0.494 e. The predicted molar refractivity (Wildman–Crippen MR) is 55.2 cm³/mol. The van der Waals surface area contributed by atoms with Gasteiger partial charge in [-0.05, 0) is 13.8 Å². The number of hydrogen-bond donors (Lipinski definition) is 2. The molecule has 0 bridgehead atoms. The summed E-state index contributed by atoms with van der Waals surface area (Å²) < 4.78 is 5.16. The Labute approximate surface area is 79.1 Å². The Kier molecular flexibility index (Phi) is 5.63. The van der Waals surface area contributed by atoms with Gasteiger partial charge in [0.2, 0.25) is 0 Å². The molecule has 0 aromatic rings. The van der Waals surface area contributed by atoms with Gasteiger partial charge < -0.3 is 10.2 Å². The molecule has 0 rings (SSSR count). The smallest absolute Gasteiger partial charge is 0.145 e. The summed E-state index contributed by atoms with van der Waals surface area (Å²) >= 11 is 0. The lowest BCUT2D eigenvalue weighted by molar-refractivity contribution is 0.241. The van der Waals surface area contributed by atoms with E-state index in [1.165, 1.54) is 0 Å². The first kappa shape index (κ1) is 11.7. The lowest BCUT2D eigenvalue weighted by Gasteiger charge is -2.11. The van der Waals surface area contributed by atoms with Crippen LogP contribution < -0.4 is 11.3 Å². The van der Waals surface area contributed by atoms with Gasteiger partial charge in [-0.15, -0.1) is 0 Å². The van der Waals surface area contributed by atoms with E-state index in [1.807, 2.05) is 13.8 Å². The lowest BCUT2D eigenvalue weighted by Crippen LogP contribution is -2.32. The Morgan fingerprint density at radius 1 is 1.46 bits per heavy atom. The molecular formula is C9H17N3O. The molecule has 3 N–H and O–H groups in total. The second-order valence-electron chi connectivity index (χ2n) is 2.30. The molecule has 0 aliphatic carbocycles. The molecule has 0 unspecified atom stereocenters. The van der Waals surface area contributed by atoms with Crippen molar-refractivity contribution in [1.82, 2.24) is 5.43 Å². The number of hydrogen-bond acceptors (Lipinski definition) is 3. The highest BCUT2D eigenvalue weighted by molar-refractivity contribution is 6.00. The molecule has 0 aliphatic rings. The molecule has 0 aromatic carbocycles. The monoisotopic (exact) mass is 183 g/mol. The standard InChI is InChI=1S/C9H17N3O/c1-5-11-9(12-10)7(3)8(4)13-6-2/h3-6,10H2,1-2H3,(H,11,12). The van der Waals surface area contributed by atoms with Gasteiger partial charge in [-0.3, -0.25) is 4.99 Å². The fourth-order valence-electron chi connectivity index (χ4n) is 0.780. The van der Waals surface area contributed by atoms with Gasteiger partial charge in [-0.25, -0.2) is 5.84 Å². The van der Waals surface area contributed by atoms with Crippen molar-refractivity contribution < 1.29 is 4.74 Å². The van der Waals surface area contributed by atoms with Crippen LogP contribution in [-0.4, -0.2) is 19.0 Å². The molecule has 0 saturated carbocycles. The second-order valence-corrected chi connectivity index (χ2v) is 2.30. The van der Waals surface area contributed by atoms with Crippen LogP contribution in [-0.2, 0) is 4.74 Å². The van der Waals surface area contributed by atoms with E-state index in [0.717, 1.165) is 0 Å². The number of rotatable bonds is 5. The molecule has 0 spiro atoms. The van der Waals surface area contributed by atoms with Gasteiger partial charge in [-0.2, -0.15) is 0 Å². The number of nitrogens with two attached hydrogens (primary N) is 1. The number of hydrazine groups is 1. The van der Waals surface area contributed by atoms with Crippen LogP contribution in [0.3, 0.4) is 0 Å². The zero-order valence-electron chi connectivity index (χ0n) is 8.26. The highest BCUT2D eigenvalue weighted by atomic mass is 16.5. The summed E-state index contributed by atoms with van der Waals surface area (Å²) in [6.07, 6.45) is 0. The molecule has 4 heteroatoms. The van der Waals surface area contributed by atoms with Gasteiger partial charge in [0.05, 0.1) is 12.2 Å². The summed E-state index contributed by atoms with van der Waals surface area (Å²) in [7, 11) is 0. The van der Waals surface area contributed by atoms with E-state index in [2.05, 4.69) is 23.6 Å². The molecular weight excluding hydrogens is 166 g/mol. The van der Waals surface area contributed by atoms with Crippen molar-refractivity contribution in [3.63, 3.8) is 0 Å². The number of aliphatic imine (C=N–C) groups is 1. The Hall–Kier alpha value is -1.29. The van der Waals surface area contributed by atoms with Crippen molar-refractivity contribution in [1.29, 1.82) is 0 Å². The Balaban J connectivity index is 4.37. The van der Waals surface area contributed by atoms with Gasteiger partial charge >= 0.3 is 0 Å². The maximum atomic E-state index is 5.26. The van der Waals surface area contributed by atoms with E-state index < -0.39 is 0 Å². The first-order valence-electron chi connectivity index (χ1n) is 4.19. The molecule has 74 valence electrons. The van der Waals surface area contributed by atoms with Gasteiger partial charge in [0.1, 0.15) is 11.6 Å². The van der Waals surface area contributed by atoms with Crippen LogP contribution in [0.5, 0.6) is 0 Å². The summed E-state index contributed by atoms with van der Waals surface area (Å²) in [5.41, 5.74) is 3.04. The average molecular weight is 183 g/mol. The van der Waals surface area contributed by atoms with Crippen LogP contribution in [0.25, 0.3) is 0 Å². The van der Waals surface area contributed by atoms with E-state index in [0.29, 0.717) is 30.3 Å². The Morgan fingerprint density at radius 3 is 2.46 bits per heavy atom. The maximum Gasteiger partial charge on any atom is 0.145 e.